The van der Waals surface area contributed by atoms with Crippen LogP contribution in [0.4, 0.5) is 0 Å². The first-order chi connectivity index (χ1) is 14.2. The number of rotatable bonds is 6. The van der Waals surface area contributed by atoms with E-state index in [2.05, 4.69) is 4.98 Å². The number of benzene rings is 1. The number of pyridine rings is 1. The zero-order valence-corrected chi connectivity index (χ0v) is 19.0. The quantitative estimate of drug-likeness (QED) is 0.703. The number of aromatic nitrogens is 1. The topological polar surface area (TPSA) is 79.8 Å². The second kappa shape index (κ2) is 8.73. The summed E-state index contributed by atoms with van der Waals surface area (Å²) in [6, 6.07) is 6.03. The molecule has 1 saturated heterocycles. The lowest BCUT2D eigenvalue weighted by atomic mass is 10.1. The average molecular weight is 432 g/mol. The fourth-order valence-corrected chi connectivity index (χ4v) is 5.56. The highest BCUT2D eigenvalue weighted by atomic mass is 32.2. The standard InChI is InChI=1S/C22H29N3O4S/c1-15-8-10-18(11-9-15)30(27,28)25-12-6-7-20(25)22(26)24(4)14-19-17(3)21(29-5)16(2)13-23-19/h8-11,13,20H,6-7,12,14H2,1-5H3/t20-/m0/s1. The van der Waals surface area contributed by atoms with Gasteiger partial charge in [-0.2, -0.15) is 4.31 Å². The Kier molecular flexibility index (Phi) is 6.47. The minimum Gasteiger partial charge on any atom is -0.496 e. The molecule has 1 aromatic carbocycles. The molecule has 162 valence electrons. The molecular weight excluding hydrogens is 402 g/mol. The molecule has 0 N–H and O–H groups in total. The maximum atomic E-state index is 13.2. The van der Waals surface area contributed by atoms with E-state index in [9.17, 15) is 13.2 Å². The number of aryl methyl sites for hydroxylation is 2. The van der Waals surface area contributed by atoms with Crippen molar-refractivity contribution < 1.29 is 17.9 Å². The molecule has 1 aliphatic heterocycles. The predicted molar refractivity (Wildman–Crippen MR) is 115 cm³/mol. The summed E-state index contributed by atoms with van der Waals surface area (Å²) < 4.78 is 33.1. The van der Waals surface area contributed by atoms with E-state index in [1.165, 1.54) is 4.31 Å². The maximum Gasteiger partial charge on any atom is 0.243 e. The average Bonchev–Trinajstić information content (AvgIpc) is 3.21. The van der Waals surface area contributed by atoms with Crippen molar-refractivity contribution in [2.24, 2.45) is 0 Å². The molecule has 2 heterocycles. The van der Waals surface area contributed by atoms with Gasteiger partial charge in [0.05, 0.1) is 24.2 Å². The first-order valence-corrected chi connectivity index (χ1v) is 11.4. The van der Waals surface area contributed by atoms with Crippen molar-refractivity contribution >= 4 is 15.9 Å². The summed E-state index contributed by atoms with van der Waals surface area (Å²) in [5.41, 5.74) is 3.53. The Morgan fingerprint density at radius 3 is 2.53 bits per heavy atom. The lowest BCUT2D eigenvalue weighted by Crippen LogP contribution is -2.46. The summed E-state index contributed by atoms with van der Waals surface area (Å²) in [5, 5.41) is 0. The molecule has 1 atom stereocenters. The zero-order chi connectivity index (χ0) is 22.1. The number of ether oxygens (including phenoxy) is 1. The van der Waals surface area contributed by atoms with Gasteiger partial charge in [0.15, 0.2) is 0 Å². The Balaban J connectivity index is 1.81. The molecule has 2 aromatic rings. The first kappa shape index (κ1) is 22.2. The highest BCUT2D eigenvalue weighted by Crippen LogP contribution is 2.29. The van der Waals surface area contributed by atoms with Gasteiger partial charge in [0, 0.05) is 30.9 Å². The van der Waals surface area contributed by atoms with Gasteiger partial charge in [-0.3, -0.25) is 9.78 Å². The van der Waals surface area contributed by atoms with Crippen molar-refractivity contribution in [3.8, 4) is 5.75 Å². The van der Waals surface area contributed by atoms with Gasteiger partial charge in [-0.25, -0.2) is 8.42 Å². The number of carbonyl (C=O) groups is 1. The molecule has 30 heavy (non-hydrogen) atoms. The number of nitrogens with zero attached hydrogens (tertiary/aromatic N) is 3. The zero-order valence-electron chi connectivity index (χ0n) is 18.2. The van der Waals surface area contributed by atoms with Crippen LogP contribution in [0, 0.1) is 20.8 Å². The van der Waals surface area contributed by atoms with E-state index in [0.29, 0.717) is 19.4 Å². The largest absolute Gasteiger partial charge is 0.496 e. The molecule has 0 aliphatic carbocycles. The van der Waals surface area contributed by atoms with Gasteiger partial charge in [0.2, 0.25) is 15.9 Å². The highest BCUT2D eigenvalue weighted by molar-refractivity contribution is 7.89. The van der Waals surface area contributed by atoms with Crippen molar-refractivity contribution in [3.63, 3.8) is 0 Å². The summed E-state index contributed by atoms with van der Waals surface area (Å²) in [6.45, 7) is 6.37. The molecule has 8 heteroatoms. The van der Waals surface area contributed by atoms with E-state index in [0.717, 1.165) is 28.1 Å². The van der Waals surface area contributed by atoms with Gasteiger partial charge >= 0.3 is 0 Å². The highest BCUT2D eigenvalue weighted by Gasteiger charge is 2.40. The Hall–Kier alpha value is -2.45. The number of hydrogen-bond donors (Lipinski definition) is 0. The predicted octanol–water partition coefficient (Wildman–Crippen LogP) is 2.83. The van der Waals surface area contributed by atoms with Crippen LogP contribution in [-0.2, 0) is 21.4 Å². The molecule has 1 aromatic heterocycles. The van der Waals surface area contributed by atoms with E-state index in [1.807, 2.05) is 20.8 Å². The van der Waals surface area contributed by atoms with Crippen molar-refractivity contribution in [3.05, 3.63) is 52.8 Å². The smallest absolute Gasteiger partial charge is 0.243 e. The van der Waals surface area contributed by atoms with Crippen LogP contribution >= 0.6 is 0 Å². The lowest BCUT2D eigenvalue weighted by molar-refractivity contribution is -0.133. The number of methoxy groups -OCH3 is 1. The Bertz CT molecular complexity index is 1040. The van der Waals surface area contributed by atoms with Crippen molar-refractivity contribution in [1.29, 1.82) is 0 Å². The van der Waals surface area contributed by atoms with Crippen LogP contribution in [-0.4, -0.2) is 55.3 Å². The Labute approximate surface area is 178 Å². The lowest BCUT2D eigenvalue weighted by Gasteiger charge is -2.28. The van der Waals surface area contributed by atoms with Crippen molar-refractivity contribution in [1.82, 2.24) is 14.2 Å². The minimum absolute atomic E-state index is 0.219. The monoisotopic (exact) mass is 431 g/mol. The van der Waals surface area contributed by atoms with Crippen LogP contribution < -0.4 is 4.74 Å². The van der Waals surface area contributed by atoms with E-state index < -0.39 is 16.1 Å². The minimum atomic E-state index is -3.73. The molecule has 0 spiro atoms. The molecule has 3 rings (SSSR count). The molecular formula is C22H29N3O4S. The molecule has 0 unspecified atom stereocenters. The molecule has 7 nitrogen and oxygen atoms in total. The first-order valence-electron chi connectivity index (χ1n) is 9.99. The second-order valence-corrected chi connectivity index (χ2v) is 9.72. The molecule has 0 saturated carbocycles. The summed E-state index contributed by atoms with van der Waals surface area (Å²) in [6.07, 6.45) is 2.89. The molecule has 0 radical (unpaired) electrons. The fourth-order valence-electron chi connectivity index (χ4n) is 3.91. The van der Waals surface area contributed by atoms with Gasteiger partial charge < -0.3 is 9.64 Å². The molecule has 1 fully saturated rings. The SMILES string of the molecule is COc1c(C)cnc(CN(C)C(=O)[C@@H]2CCCN2S(=O)(=O)c2ccc(C)cc2)c1C. The summed E-state index contributed by atoms with van der Waals surface area (Å²) in [5.74, 6) is 0.536. The Morgan fingerprint density at radius 2 is 1.90 bits per heavy atom. The van der Waals surface area contributed by atoms with Crippen molar-refractivity contribution in [2.75, 3.05) is 20.7 Å². The van der Waals surface area contributed by atoms with Crippen LogP contribution in [0.5, 0.6) is 5.75 Å². The van der Waals surface area contributed by atoms with Gasteiger partial charge in [-0.05, 0) is 45.7 Å². The second-order valence-electron chi connectivity index (χ2n) is 7.83. The molecule has 1 aliphatic rings. The number of likely N-dealkylation sites (N-methyl/N-ethyl adjacent to an activating group) is 1. The van der Waals surface area contributed by atoms with Gasteiger partial charge in [0.25, 0.3) is 0 Å². The van der Waals surface area contributed by atoms with Crippen LogP contribution in [0.1, 0.15) is 35.2 Å². The van der Waals surface area contributed by atoms with E-state index in [1.54, 1.807) is 49.5 Å². The third-order valence-corrected chi connectivity index (χ3v) is 7.55. The Morgan fingerprint density at radius 1 is 1.23 bits per heavy atom. The number of carbonyl (C=O) groups excluding carboxylic acids is 1. The van der Waals surface area contributed by atoms with Crippen molar-refractivity contribution in [2.45, 2.75) is 51.1 Å². The third-order valence-electron chi connectivity index (χ3n) is 5.63. The number of sulfonamides is 1. The summed E-state index contributed by atoms with van der Waals surface area (Å²) in [4.78, 5) is 19.4. The van der Waals surface area contributed by atoms with E-state index in [4.69, 9.17) is 4.74 Å². The van der Waals surface area contributed by atoms with E-state index in [-0.39, 0.29) is 17.3 Å². The van der Waals surface area contributed by atoms with Gasteiger partial charge in [-0.15, -0.1) is 0 Å². The summed E-state index contributed by atoms with van der Waals surface area (Å²) in [7, 11) is -0.434. The van der Waals surface area contributed by atoms with Gasteiger partial charge in [-0.1, -0.05) is 17.7 Å². The third kappa shape index (κ3) is 4.20. The molecule has 1 amide bonds. The molecule has 0 bridgehead atoms. The maximum absolute atomic E-state index is 13.2. The van der Waals surface area contributed by atoms with Crippen LogP contribution in [0.25, 0.3) is 0 Å². The number of hydrogen-bond acceptors (Lipinski definition) is 5. The van der Waals surface area contributed by atoms with Crippen LogP contribution in [0.3, 0.4) is 0 Å². The normalized spacial score (nSPS) is 17.2. The van der Waals surface area contributed by atoms with Gasteiger partial charge in [0.1, 0.15) is 11.8 Å². The van der Waals surface area contributed by atoms with Crippen LogP contribution in [0.2, 0.25) is 0 Å². The van der Waals surface area contributed by atoms with E-state index >= 15 is 0 Å². The fraction of sp³-hybridized carbons (Fsp3) is 0.455. The number of amides is 1. The summed E-state index contributed by atoms with van der Waals surface area (Å²) >= 11 is 0. The van der Waals surface area contributed by atoms with Crippen LogP contribution in [0.15, 0.2) is 35.4 Å².